The number of carbonyl (C=O) groups is 1. The van der Waals surface area contributed by atoms with Crippen LogP contribution in [0, 0.1) is 0 Å². The number of carbonyl (C=O) groups excluding carboxylic acids is 1. The van der Waals surface area contributed by atoms with Crippen molar-refractivity contribution in [2.24, 2.45) is 10.9 Å². The Balaban J connectivity index is 1.98. The van der Waals surface area contributed by atoms with Crippen LogP contribution in [0.2, 0.25) is 0 Å². The van der Waals surface area contributed by atoms with Gasteiger partial charge in [-0.05, 0) is 31.9 Å². The molecule has 1 amide bonds. The monoisotopic (exact) mass is 292 g/mol. The zero-order chi connectivity index (χ0) is 15.2. The van der Waals surface area contributed by atoms with Gasteiger partial charge in [-0.15, -0.1) is 0 Å². The predicted octanol–water partition coefficient (Wildman–Crippen LogP) is 0.817. The fraction of sp³-hybridized carbons (Fsp3) is 0.500. The average Bonchev–Trinajstić information content (AvgIpc) is 2.54. The Hall–Kier alpha value is -2.15. The molecule has 2 rings (SSSR count). The number of piperidine rings is 1. The molecule has 1 aliphatic heterocycles. The van der Waals surface area contributed by atoms with E-state index in [2.05, 4.69) is 10.1 Å². The van der Waals surface area contributed by atoms with E-state index in [1.165, 1.54) is 6.20 Å². The van der Waals surface area contributed by atoms with E-state index in [-0.39, 0.29) is 17.8 Å². The molecule has 114 valence electrons. The van der Waals surface area contributed by atoms with Crippen molar-refractivity contribution in [3.05, 3.63) is 29.6 Å². The van der Waals surface area contributed by atoms with Crippen LogP contribution in [0.3, 0.4) is 0 Å². The molecule has 7 nitrogen and oxygen atoms in total. The Labute approximate surface area is 123 Å². The van der Waals surface area contributed by atoms with Crippen molar-refractivity contribution in [2.75, 3.05) is 19.7 Å². The number of nitrogens with two attached hydrogens (primary N) is 1. The number of nitrogens with zero attached hydrogens (tertiary/aromatic N) is 3. The number of oxime groups is 1. The molecule has 1 aromatic heterocycles. The first kappa shape index (κ1) is 15.2. The van der Waals surface area contributed by atoms with Crippen molar-refractivity contribution in [3.8, 4) is 0 Å². The van der Waals surface area contributed by atoms with Crippen LogP contribution in [-0.4, -0.2) is 52.6 Å². The summed E-state index contributed by atoms with van der Waals surface area (Å²) >= 11 is 0. The Morgan fingerprint density at radius 3 is 2.76 bits per heavy atom. The second kappa shape index (κ2) is 7.03. The summed E-state index contributed by atoms with van der Waals surface area (Å²) in [6, 6.07) is 3.20. The van der Waals surface area contributed by atoms with Crippen molar-refractivity contribution >= 4 is 11.7 Å². The Bertz CT molecular complexity index is 507. The molecule has 0 spiro atoms. The summed E-state index contributed by atoms with van der Waals surface area (Å²) in [4.78, 5) is 18.2. The number of pyridine rings is 1. The van der Waals surface area contributed by atoms with E-state index in [9.17, 15) is 4.79 Å². The maximum absolute atomic E-state index is 12.3. The minimum absolute atomic E-state index is 0.0287. The highest BCUT2D eigenvalue weighted by molar-refractivity contribution is 5.98. The third-order valence-corrected chi connectivity index (χ3v) is 3.52. The maximum Gasteiger partial charge on any atom is 0.272 e. The van der Waals surface area contributed by atoms with E-state index in [0.717, 1.165) is 12.8 Å². The molecule has 0 bridgehead atoms. The van der Waals surface area contributed by atoms with Gasteiger partial charge in [-0.3, -0.25) is 9.78 Å². The van der Waals surface area contributed by atoms with Gasteiger partial charge in [0.25, 0.3) is 5.91 Å². The van der Waals surface area contributed by atoms with Gasteiger partial charge in [0.05, 0.1) is 6.10 Å². The van der Waals surface area contributed by atoms with Crippen LogP contribution in [0.5, 0.6) is 0 Å². The molecule has 1 aromatic rings. The summed E-state index contributed by atoms with van der Waals surface area (Å²) in [5.41, 5.74) is 6.29. The van der Waals surface area contributed by atoms with Crippen LogP contribution < -0.4 is 5.73 Å². The summed E-state index contributed by atoms with van der Waals surface area (Å²) in [6.45, 7) is 4.03. The zero-order valence-corrected chi connectivity index (χ0v) is 12.0. The molecule has 2 heterocycles. The largest absolute Gasteiger partial charge is 0.409 e. The maximum atomic E-state index is 12.3. The summed E-state index contributed by atoms with van der Waals surface area (Å²) in [5.74, 6) is -0.130. The standard InChI is InChI=1S/C14H20N4O3/c1-2-21-11-5-7-18(8-6-11)14(19)12-4-3-10(9-16-12)13(15)17-20/h3-4,9,11,20H,2,5-8H2,1H3,(H2,15,17). The highest BCUT2D eigenvalue weighted by Crippen LogP contribution is 2.15. The van der Waals surface area contributed by atoms with Crippen LogP contribution in [0.25, 0.3) is 0 Å². The minimum atomic E-state index is -0.101. The number of amidine groups is 1. The lowest BCUT2D eigenvalue weighted by Gasteiger charge is -2.31. The topological polar surface area (TPSA) is 101 Å². The third-order valence-electron chi connectivity index (χ3n) is 3.52. The van der Waals surface area contributed by atoms with E-state index in [1.807, 2.05) is 6.92 Å². The van der Waals surface area contributed by atoms with Crippen molar-refractivity contribution in [2.45, 2.75) is 25.9 Å². The van der Waals surface area contributed by atoms with Crippen molar-refractivity contribution < 1.29 is 14.7 Å². The fourth-order valence-corrected chi connectivity index (χ4v) is 2.35. The van der Waals surface area contributed by atoms with E-state index < -0.39 is 0 Å². The molecule has 7 heteroatoms. The van der Waals surface area contributed by atoms with Gasteiger partial charge in [-0.25, -0.2) is 0 Å². The van der Waals surface area contributed by atoms with Crippen molar-refractivity contribution in [3.63, 3.8) is 0 Å². The van der Waals surface area contributed by atoms with E-state index in [4.69, 9.17) is 15.7 Å². The van der Waals surface area contributed by atoms with E-state index >= 15 is 0 Å². The van der Waals surface area contributed by atoms with Crippen molar-refractivity contribution in [1.29, 1.82) is 0 Å². The highest BCUT2D eigenvalue weighted by Gasteiger charge is 2.24. The molecule has 0 unspecified atom stereocenters. The molecule has 0 aromatic carbocycles. The van der Waals surface area contributed by atoms with E-state index in [0.29, 0.717) is 31.0 Å². The highest BCUT2D eigenvalue weighted by atomic mass is 16.5. The van der Waals surface area contributed by atoms with Crippen molar-refractivity contribution in [1.82, 2.24) is 9.88 Å². The molecule has 1 fully saturated rings. The van der Waals surface area contributed by atoms with Crippen LogP contribution in [0.15, 0.2) is 23.5 Å². The predicted molar refractivity (Wildman–Crippen MR) is 77.3 cm³/mol. The number of hydrogen-bond acceptors (Lipinski definition) is 5. The number of hydrogen-bond donors (Lipinski definition) is 2. The van der Waals surface area contributed by atoms with Crippen LogP contribution in [0.1, 0.15) is 35.8 Å². The second-order valence-electron chi connectivity index (χ2n) is 4.86. The number of amides is 1. The van der Waals surface area contributed by atoms with Gasteiger partial charge in [0.1, 0.15) is 5.69 Å². The number of rotatable bonds is 4. The number of ether oxygens (including phenoxy) is 1. The minimum Gasteiger partial charge on any atom is -0.409 e. The number of aromatic nitrogens is 1. The molecule has 3 N–H and O–H groups in total. The molecule has 21 heavy (non-hydrogen) atoms. The summed E-state index contributed by atoms with van der Waals surface area (Å²) in [5, 5.41) is 11.5. The van der Waals surface area contributed by atoms with E-state index in [1.54, 1.807) is 17.0 Å². The smallest absolute Gasteiger partial charge is 0.272 e. The van der Waals surface area contributed by atoms with Gasteiger partial charge in [0.15, 0.2) is 5.84 Å². The summed E-state index contributed by atoms with van der Waals surface area (Å²) in [6.07, 6.45) is 3.37. The van der Waals surface area contributed by atoms with Crippen LogP contribution in [-0.2, 0) is 4.74 Å². The van der Waals surface area contributed by atoms with Gasteiger partial charge < -0.3 is 20.6 Å². The third kappa shape index (κ3) is 3.69. The first-order valence-electron chi connectivity index (χ1n) is 7.00. The Kier molecular flexibility index (Phi) is 5.10. The van der Waals surface area contributed by atoms with Gasteiger partial charge in [-0.1, -0.05) is 5.16 Å². The van der Waals surface area contributed by atoms with Gasteiger partial charge in [0.2, 0.25) is 0 Å². The molecule has 1 saturated heterocycles. The molecule has 1 aliphatic rings. The Morgan fingerprint density at radius 2 is 2.24 bits per heavy atom. The molecule has 0 saturated carbocycles. The lowest BCUT2D eigenvalue weighted by molar-refractivity contribution is 0.0144. The SMILES string of the molecule is CCOC1CCN(C(=O)c2ccc(C(N)=NO)cn2)CC1. The molecule has 0 aliphatic carbocycles. The van der Waals surface area contributed by atoms with Gasteiger partial charge >= 0.3 is 0 Å². The first-order chi connectivity index (χ1) is 10.2. The summed E-state index contributed by atoms with van der Waals surface area (Å²) in [7, 11) is 0. The number of likely N-dealkylation sites (tertiary alicyclic amines) is 1. The molecule has 0 radical (unpaired) electrons. The average molecular weight is 292 g/mol. The van der Waals surface area contributed by atoms with Crippen LogP contribution >= 0.6 is 0 Å². The molecule has 0 atom stereocenters. The lowest BCUT2D eigenvalue weighted by atomic mass is 10.1. The molecular formula is C14H20N4O3. The lowest BCUT2D eigenvalue weighted by Crippen LogP contribution is -2.41. The zero-order valence-electron chi connectivity index (χ0n) is 12.0. The quantitative estimate of drug-likeness (QED) is 0.370. The van der Waals surface area contributed by atoms with Gasteiger partial charge in [-0.2, -0.15) is 0 Å². The normalized spacial score (nSPS) is 17.0. The first-order valence-corrected chi connectivity index (χ1v) is 7.00. The van der Waals surface area contributed by atoms with Gasteiger partial charge in [0, 0.05) is 31.5 Å². The fourth-order valence-electron chi connectivity index (χ4n) is 2.35. The Morgan fingerprint density at radius 1 is 1.52 bits per heavy atom. The molecular weight excluding hydrogens is 272 g/mol. The van der Waals surface area contributed by atoms with Crippen LogP contribution in [0.4, 0.5) is 0 Å². The second-order valence-corrected chi connectivity index (χ2v) is 4.86. The summed E-state index contributed by atoms with van der Waals surface area (Å²) < 4.78 is 5.57.